The third-order valence-corrected chi connectivity index (χ3v) is 5.09. The average molecular weight is 461 g/mol. The number of non-ortho nitro benzene ring substituents is 1. The summed E-state index contributed by atoms with van der Waals surface area (Å²) >= 11 is 0. The molecule has 34 heavy (non-hydrogen) atoms. The van der Waals surface area contributed by atoms with E-state index >= 15 is 0 Å². The highest BCUT2D eigenvalue weighted by molar-refractivity contribution is 6.46. The van der Waals surface area contributed by atoms with Crippen LogP contribution in [0, 0.1) is 15.9 Å². The highest BCUT2D eigenvalue weighted by Crippen LogP contribution is 2.35. The molecule has 0 saturated carbocycles. The normalized spacial score (nSPS) is 13.4. The van der Waals surface area contributed by atoms with Crippen LogP contribution < -0.4 is 15.0 Å². The van der Waals surface area contributed by atoms with Crippen LogP contribution in [-0.2, 0) is 9.59 Å². The van der Waals surface area contributed by atoms with Gasteiger partial charge in [-0.2, -0.15) is 0 Å². The van der Waals surface area contributed by atoms with Crippen LogP contribution in [-0.4, -0.2) is 23.3 Å². The highest BCUT2D eigenvalue weighted by atomic mass is 19.1. The lowest BCUT2D eigenvalue weighted by molar-refractivity contribution is -0.384. The van der Waals surface area contributed by atoms with Gasteiger partial charge < -0.3 is 10.1 Å². The van der Waals surface area contributed by atoms with Crippen LogP contribution in [0.5, 0.6) is 5.75 Å². The van der Waals surface area contributed by atoms with Crippen LogP contribution in [0.15, 0.2) is 78.5 Å². The van der Waals surface area contributed by atoms with Gasteiger partial charge in [0.2, 0.25) is 0 Å². The molecule has 1 N–H and O–H groups in total. The Bertz CT molecular complexity index is 1300. The monoisotopic (exact) mass is 461 g/mol. The fraction of sp³-hybridized carbons (Fsp3) is 0.120. The van der Waals surface area contributed by atoms with Crippen molar-refractivity contribution in [1.29, 1.82) is 0 Å². The minimum absolute atomic E-state index is 0.0176. The van der Waals surface area contributed by atoms with E-state index in [1.165, 1.54) is 42.5 Å². The van der Waals surface area contributed by atoms with Crippen LogP contribution in [0.3, 0.4) is 0 Å². The number of ether oxygens (including phenoxy) is 1. The van der Waals surface area contributed by atoms with Gasteiger partial charge in [0.1, 0.15) is 17.3 Å². The molecule has 0 unspecified atom stereocenters. The molecule has 0 bridgehead atoms. The first-order valence-electron chi connectivity index (χ1n) is 10.5. The summed E-state index contributed by atoms with van der Waals surface area (Å²) in [7, 11) is 0. The number of benzene rings is 3. The Morgan fingerprint density at radius 3 is 2.41 bits per heavy atom. The van der Waals surface area contributed by atoms with Crippen molar-refractivity contribution in [2.75, 3.05) is 16.8 Å². The maximum absolute atomic E-state index is 13.8. The largest absolute Gasteiger partial charge is 0.494 e. The number of nitro benzene ring substituents is 1. The molecular formula is C25H20FN3O5. The number of carbonyl (C=O) groups is 2. The first-order valence-corrected chi connectivity index (χ1v) is 10.5. The molecule has 1 aliphatic rings. The van der Waals surface area contributed by atoms with E-state index in [0.717, 1.165) is 17.4 Å². The average Bonchev–Trinajstić information content (AvgIpc) is 3.07. The molecule has 0 radical (unpaired) electrons. The Hall–Kier alpha value is -4.53. The van der Waals surface area contributed by atoms with E-state index in [-0.39, 0.29) is 22.6 Å². The summed E-state index contributed by atoms with van der Waals surface area (Å²) in [5.41, 5.74) is 0.721. The lowest BCUT2D eigenvalue weighted by Gasteiger charge is -2.15. The molecule has 0 aromatic heterocycles. The number of nitro groups is 1. The minimum atomic E-state index is -0.677. The molecule has 8 nitrogen and oxygen atoms in total. The maximum Gasteiger partial charge on any atom is 0.282 e. The molecule has 3 aromatic carbocycles. The summed E-state index contributed by atoms with van der Waals surface area (Å²) in [6.45, 7) is 2.50. The Balaban J connectivity index is 1.77. The van der Waals surface area contributed by atoms with Gasteiger partial charge in [-0.15, -0.1) is 0 Å². The van der Waals surface area contributed by atoms with E-state index in [4.69, 9.17) is 4.74 Å². The number of anilines is 2. The molecule has 1 heterocycles. The van der Waals surface area contributed by atoms with Crippen LogP contribution in [0.25, 0.3) is 5.57 Å². The fourth-order valence-electron chi connectivity index (χ4n) is 3.54. The smallest absolute Gasteiger partial charge is 0.282 e. The van der Waals surface area contributed by atoms with Gasteiger partial charge in [0.05, 0.1) is 22.8 Å². The lowest BCUT2D eigenvalue weighted by atomic mass is 10.0. The Morgan fingerprint density at radius 2 is 1.74 bits per heavy atom. The van der Waals surface area contributed by atoms with E-state index in [1.54, 1.807) is 24.3 Å². The topological polar surface area (TPSA) is 102 Å². The Morgan fingerprint density at radius 1 is 1.00 bits per heavy atom. The van der Waals surface area contributed by atoms with Gasteiger partial charge in [-0.1, -0.05) is 19.1 Å². The summed E-state index contributed by atoms with van der Waals surface area (Å²) < 4.78 is 19.5. The van der Waals surface area contributed by atoms with Crippen LogP contribution in [0.1, 0.15) is 18.9 Å². The zero-order valence-electron chi connectivity index (χ0n) is 18.2. The number of hydrogen-bond donors (Lipinski definition) is 1. The number of nitrogens with zero attached hydrogens (tertiary/aromatic N) is 2. The van der Waals surface area contributed by atoms with E-state index in [9.17, 15) is 24.1 Å². The van der Waals surface area contributed by atoms with Crippen molar-refractivity contribution in [3.63, 3.8) is 0 Å². The van der Waals surface area contributed by atoms with Crippen molar-refractivity contribution < 1.29 is 23.6 Å². The predicted molar refractivity (Wildman–Crippen MR) is 125 cm³/mol. The standard InChI is InChI=1S/C25H20FN3O5/c1-2-13-34-21-8-4-6-18(15-21)27-23-22(16-9-11-19(12-10-16)29(32)33)24(30)28(25(23)31)20-7-3-5-17(26)14-20/h3-12,14-15,27H,2,13H2,1H3. The molecule has 4 rings (SSSR count). The number of halogens is 1. The summed E-state index contributed by atoms with van der Waals surface area (Å²) in [6.07, 6.45) is 0.822. The molecule has 172 valence electrons. The maximum atomic E-state index is 13.8. The van der Waals surface area contributed by atoms with Gasteiger partial charge in [-0.25, -0.2) is 9.29 Å². The van der Waals surface area contributed by atoms with Gasteiger partial charge in [0.25, 0.3) is 17.5 Å². The number of carbonyl (C=O) groups excluding carboxylic acids is 2. The van der Waals surface area contributed by atoms with E-state index in [2.05, 4.69) is 5.32 Å². The van der Waals surface area contributed by atoms with Crippen molar-refractivity contribution in [1.82, 2.24) is 0 Å². The van der Waals surface area contributed by atoms with E-state index in [0.29, 0.717) is 23.6 Å². The van der Waals surface area contributed by atoms with Crippen molar-refractivity contribution in [2.45, 2.75) is 13.3 Å². The van der Waals surface area contributed by atoms with Crippen LogP contribution in [0.2, 0.25) is 0 Å². The number of imide groups is 1. The molecule has 3 aromatic rings. The second-order valence-electron chi connectivity index (χ2n) is 7.48. The molecule has 0 spiro atoms. The van der Waals surface area contributed by atoms with Crippen molar-refractivity contribution in [3.8, 4) is 5.75 Å². The van der Waals surface area contributed by atoms with Gasteiger partial charge in [0.15, 0.2) is 0 Å². The van der Waals surface area contributed by atoms with Gasteiger partial charge >= 0.3 is 0 Å². The highest BCUT2D eigenvalue weighted by Gasteiger charge is 2.40. The predicted octanol–water partition coefficient (Wildman–Crippen LogP) is 4.92. The molecule has 2 amide bonds. The summed E-state index contributed by atoms with van der Waals surface area (Å²) in [5, 5.41) is 14.0. The molecule has 0 atom stereocenters. The lowest BCUT2D eigenvalue weighted by Crippen LogP contribution is -2.32. The van der Waals surface area contributed by atoms with Crippen molar-refractivity contribution in [2.24, 2.45) is 0 Å². The number of nitrogens with one attached hydrogen (secondary N) is 1. The fourth-order valence-corrected chi connectivity index (χ4v) is 3.54. The quantitative estimate of drug-likeness (QED) is 0.290. The van der Waals surface area contributed by atoms with E-state index in [1.807, 2.05) is 6.92 Å². The summed E-state index contributed by atoms with van der Waals surface area (Å²) in [6, 6.07) is 17.4. The number of hydrogen-bond acceptors (Lipinski definition) is 6. The van der Waals surface area contributed by atoms with Crippen molar-refractivity contribution in [3.05, 3.63) is 100.0 Å². The number of amides is 2. The molecule has 0 fully saturated rings. The second kappa shape index (κ2) is 9.53. The first kappa shape index (κ1) is 22.7. The molecule has 9 heteroatoms. The molecule has 0 aliphatic carbocycles. The van der Waals surface area contributed by atoms with Gasteiger partial charge in [-0.05, 0) is 54.4 Å². The minimum Gasteiger partial charge on any atom is -0.494 e. The zero-order chi connectivity index (χ0) is 24.2. The van der Waals surface area contributed by atoms with Crippen LogP contribution in [0.4, 0.5) is 21.5 Å². The zero-order valence-corrected chi connectivity index (χ0v) is 18.2. The van der Waals surface area contributed by atoms with E-state index < -0.39 is 22.6 Å². The summed E-state index contributed by atoms with van der Waals surface area (Å²) in [5.74, 6) is -1.37. The van der Waals surface area contributed by atoms with Gasteiger partial charge in [-0.3, -0.25) is 19.7 Å². The molecular weight excluding hydrogens is 441 g/mol. The van der Waals surface area contributed by atoms with Crippen LogP contribution >= 0.6 is 0 Å². The Labute approximate surface area is 194 Å². The summed E-state index contributed by atoms with van der Waals surface area (Å²) in [4.78, 5) is 38.1. The first-order chi connectivity index (χ1) is 16.4. The second-order valence-corrected chi connectivity index (χ2v) is 7.48. The number of rotatable bonds is 8. The SMILES string of the molecule is CCCOc1cccc(NC2=C(c3ccc([N+](=O)[O-])cc3)C(=O)N(c3cccc(F)c3)C2=O)c1. The molecule has 1 aliphatic heterocycles. The van der Waals surface area contributed by atoms with Crippen molar-refractivity contribution >= 4 is 34.4 Å². The Kier molecular flexibility index (Phi) is 6.35. The third kappa shape index (κ3) is 4.49. The molecule has 0 saturated heterocycles. The van der Waals surface area contributed by atoms with Gasteiger partial charge in [0, 0.05) is 23.9 Å². The third-order valence-electron chi connectivity index (χ3n) is 5.09.